The molecule has 2 aromatic rings. The minimum Gasteiger partial charge on any atom is -0.378 e. The molecule has 0 radical (unpaired) electrons. The van der Waals surface area contributed by atoms with E-state index >= 15 is 0 Å². The van der Waals surface area contributed by atoms with Crippen molar-refractivity contribution in [2.45, 2.75) is 19.8 Å². The zero-order chi connectivity index (χ0) is 21.8. The van der Waals surface area contributed by atoms with Gasteiger partial charge < -0.3 is 19.9 Å². The van der Waals surface area contributed by atoms with E-state index in [2.05, 4.69) is 22.0 Å². The van der Waals surface area contributed by atoms with E-state index in [0.717, 1.165) is 44.7 Å². The van der Waals surface area contributed by atoms with Crippen LogP contribution >= 0.6 is 0 Å². The third kappa shape index (κ3) is 4.96. The average molecular weight is 425 g/mol. The summed E-state index contributed by atoms with van der Waals surface area (Å²) in [5, 5.41) is 14.5. The van der Waals surface area contributed by atoms with Gasteiger partial charge in [-0.25, -0.2) is 0 Å². The molecular weight excluding hydrogens is 396 g/mol. The zero-order valence-corrected chi connectivity index (χ0v) is 17.8. The molecule has 8 nitrogen and oxygen atoms in total. The molecule has 31 heavy (non-hydrogen) atoms. The van der Waals surface area contributed by atoms with Gasteiger partial charge in [-0.15, -0.1) is 0 Å². The van der Waals surface area contributed by atoms with Crippen LogP contribution in [0.3, 0.4) is 0 Å². The van der Waals surface area contributed by atoms with Gasteiger partial charge in [-0.05, 0) is 55.2 Å². The zero-order valence-electron chi connectivity index (χ0n) is 17.8. The van der Waals surface area contributed by atoms with Gasteiger partial charge in [0.05, 0.1) is 18.1 Å². The molecule has 4 rings (SSSR count). The SMILES string of the molecule is C[C@@H]1CCCN(c2ccc(C(=O)Nc3ccc(N4CCOCC4)cc3)cc2[N+](=O)[O-])C1. The van der Waals surface area contributed by atoms with Crippen LogP contribution in [-0.2, 0) is 4.74 Å². The number of carbonyl (C=O) groups excluding carboxylic acids is 1. The highest BCUT2D eigenvalue weighted by Crippen LogP contribution is 2.32. The Balaban J connectivity index is 1.48. The number of ether oxygens (including phenoxy) is 1. The molecule has 0 aromatic heterocycles. The Morgan fingerprint density at radius 1 is 1.10 bits per heavy atom. The highest BCUT2D eigenvalue weighted by molar-refractivity contribution is 6.05. The molecule has 8 heteroatoms. The van der Waals surface area contributed by atoms with Crippen molar-refractivity contribution in [1.29, 1.82) is 0 Å². The Morgan fingerprint density at radius 2 is 1.84 bits per heavy atom. The molecule has 164 valence electrons. The van der Waals surface area contributed by atoms with Crippen LogP contribution in [0.25, 0.3) is 0 Å². The molecule has 0 aliphatic carbocycles. The summed E-state index contributed by atoms with van der Waals surface area (Å²) in [6.07, 6.45) is 2.15. The molecule has 1 amide bonds. The van der Waals surface area contributed by atoms with Gasteiger partial charge in [0.1, 0.15) is 5.69 Å². The Kier molecular flexibility index (Phi) is 6.36. The summed E-state index contributed by atoms with van der Waals surface area (Å²) in [4.78, 5) is 28.3. The second kappa shape index (κ2) is 9.34. The van der Waals surface area contributed by atoms with E-state index in [-0.39, 0.29) is 17.2 Å². The fourth-order valence-corrected chi connectivity index (χ4v) is 4.27. The van der Waals surface area contributed by atoms with E-state index < -0.39 is 4.92 Å². The van der Waals surface area contributed by atoms with Crippen LogP contribution < -0.4 is 15.1 Å². The van der Waals surface area contributed by atoms with Gasteiger partial charge >= 0.3 is 0 Å². The number of nitrogens with one attached hydrogen (secondary N) is 1. The van der Waals surface area contributed by atoms with E-state index in [0.29, 0.717) is 30.5 Å². The van der Waals surface area contributed by atoms with Crippen LogP contribution in [-0.4, -0.2) is 50.2 Å². The van der Waals surface area contributed by atoms with E-state index in [1.165, 1.54) is 6.07 Å². The number of morpholine rings is 1. The minimum atomic E-state index is -0.400. The van der Waals surface area contributed by atoms with Crippen molar-refractivity contribution in [2.24, 2.45) is 5.92 Å². The Morgan fingerprint density at radius 3 is 2.52 bits per heavy atom. The van der Waals surface area contributed by atoms with Crippen molar-refractivity contribution < 1.29 is 14.5 Å². The molecule has 2 aliphatic rings. The Hall–Kier alpha value is -3.13. The Labute approximate surface area is 181 Å². The molecule has 2 aliphatic heterocycles. The second-order valence-electron chi connectivity index (χ2n) is 8.25. The number of nitro benzene ring substituents is 1. The number of piperidine rings is 1. The summed E-state index contributed by atoms with van der Waals surface area (Å²) in [6.45, 7) is 6.86. The molecule has 1 N–H and O–H groups in total. The van der Waals surface area contributed by atoms with Gasteiger partial charge in [0, 0.05) is 49.2 Å². The first-order chi connectivity index (χ1) is 15.0. The van der Waals surface area contributed by atoms with E-state index in [1.54, 1.807) is 12.1 Å². The van der Waals surface area contributed by atoms with Crippen LogP contribution in [0, 0.1) is 16.0 Å². The molecule has 2 saturated heterocycles. The normalized spacial score (nSPS) is 19.2. The van der Waals surface area contributed by atoms with Crippen LogP contribution in [0.4, 0.5) is 22.7 Å². The first kappa shape index (κ1) is 21.1. The molecular formula is C23H28N4O4. The molecule has 0 spiro atoms. The van der Waals surface area contributed by atoms with Crippen molar-refractivity contribution >= 4 is 28.7 Å². The van der Waals surface area contributed by atoms with E-state index in [4.69, 9.17) is 4.74 Å². The molecule has 2 aromatic carbocycles. The molecule has 0 unspecified atom stereocenters. The summed E-state index contributed by atoms with van der Waals surface area (Å²) >= 11 is 0. The third-order valence-electron chi connectivity index (χ3n) is 5.93. The predicted molar refractivity (Wildman–Crippen MR) is 121 cm³/mol. The van der Waals surface area contributed by atoms with E-state index in [9.17, 15) is 14.9 Å². The predicted octanol–water partition coefficient (Wildman–Crippen LogP) is 3.92. The lowest BCUT2D eigenvalue weighted by Gasteiger charge is -2.32. The minimum absolute atomic E-state index is 0.0237. The Bertz CT molecular complexity index is 941. The van der Waals surface area contributed by atoms with Gasteiger partial charge in [-0.2, -0.15) is 0 Å². The summed E-state index contributed by atoms with van der Waals surface area (Å²) in [5.41, 5.74) is 2.57. The number of carbonyl (C=O) groups is 1. The number of nitro groups is 1. The van der Waals surface area contributed by atoms with Gasteiger partial charge in [-0.1, -0.05) is 6.92 Å². The lowest BCUT2D eigenvalue weighted by atomic mass is 9.99. The smallest absolute Gasteiger partial charge is 0.293 e. The van der Waals surface area contributed by atoms with Crippen LogP contribution in [0.2, 0.25) is 0 Å². The first-order valence-electron chi connectivity index (χ1n) is 10.8. The monoisotopic (exact) mass is 424 g/mol. The largest absolute Gasteiger partial charge is 0.378 e. The molecule has 2 heterocycles. The highest BCUT2D eigenvalue weighted by Gasteiger charge is 2.25. The first-order valence-corrected chi connectivity index (χ1v) is 10.8. The van der Waals surface area contributed by atoms with Crippen molar-refractivity contribution in [3.8, 4) is 0 Å². The highest BCUT2D eigenvalue weighted by atomic mass is 16.6. The fraction of sp³-hybridized carbons (Fsp3) is 0.435. The number of benzene rings is 2. The summed E-state index contributed by atoms with van der Waals surface area (Å²) in [6, 6.07) is 12.4. The quantitative estimate of drug-likeness (QED) is 0.578. The lowest BCUT2D eigenvalue weighted by molar-refractivity contribution is -0.384. The van der Waals surface area contributed by atoms with Gasteiger partial charge in [0.15, 0.2) is 0 Å². The molecule has 0 saturated carbocycles. The second-order valence-corrected chi connectivity index (χ2v) is 8.25. The van der Waals surface area contributed by atoms with Crippen molar-refractivity contribution in [3.63, 3.8) is 0 Å². The topological polar surface area (TPSA) is 88.0 Å². The maximum atomic E-state index is 12.7. The number of hydrogen-bond donors (Lipinski definition) is 1. The summed E-state index contributed by atoms with van der Waals surface area (Å²) in [7, 11) is 0. The standard InChI is InChI=1S/C23H28N4O4/c1-17-3-2-10-26(16-17)21-9-4-18(15-22(21)27(29)30)23(28)24-19-5-7-20(8-6-19)25-11-13-31-14-12-25/h4-9,15,17H,2-3,10-14,16H2,1H3,(H,24,28)/t17-/m1/s1. The molecule has 1 atom stereocenters. The number of rotatable bonds is 5. The van der Waals surface area contributed by atoms with Crippen LogP contribution in [0.1, 0.15) is 30.1 Å². The average Bonchev–Trinajstić information content (AvgIpc) is 2.79. The number of amides is 1. The molecule has 2 fully saturated rings. The maximum Gasteiger partial charge on any atom is 0.293 e. The number of hydrogen-bond acceptors (Lipinski definition) is 6. The summed E-state index contributed by atoms with van der Waals surface area (Å²) < 4.78 is 5.38. The lowest BCUT2D eigenvalue weighted by Crippen LogP contribution is -2.36. The fourth-order valence-electron chi connectivity index (χ4n) is 4.27. The van der Waals surface area contributed by atoms with Gasteiger partial charge in [0.2, 0.25) is 0 Å². The van der Waals surface area contributed by atoms with Crippen molar-refractivity contribution in [1.82, 2.24) is 0 Å². The molecule has 0 bridgehead atoms. The van der Waals surface area contributed by atoms with Crippen LogP contribution in [0.5, 0.6) is 0 Å². The van der Waals surface area contributed by atoms with Crippen LogP contribution in [0.15, 0.2) is 42.5 Å². The number of anilines is 3. The van der Waals surface area contributed by atoms with E-state index in [1.807, 2.05) is 24.3 Å². The number of nitrogens with zero attached hydrogens (tertiary/aromatic N) is 3. The van der Waals surface area contributed by atoms with Crippen molar-refractivity contribution in [3.05, 3.63) is 58.1 Å². The summed E-state index contributed by atoms with van der Waals surface area (Å²) in [5.74, 6) is 0.137. The van der Waals surface area contributed by atoms with Gasteiger partial charge in [0.25, 0.3) is 11.6 Å². The maximum absolute atomic E-state index is 12.7. The van der Waals surface area contributed by atoms with Crippen molar-refractivity contribution in [2.75, 3.05) is 54.5 Å². The third-order valence-corrected chi connectivity index (χ3v) is 5.93. The van der Waals surface area contributed by atoms with Gasteiger partial charge in [-0.3, -0.25) is 14.9 Å².